The number of amidine groups is 1. The minimum atomic E-state index is -4.00. The zero-order chi connectivity index (χ0) is 29.9. The fraction of sp³-hybridized carbons (Fsp3) is 0.469. The molecule has 0 unspecified atom stereocenters. The Morgan fingerprint density at radius 3 is 2.52 bits per heavy atom. The van der Waals surface area contributed by atoms with Crippen LogP contribution in [0.3, 0.4) is 0 Å². The van der Waals surface area contributed by atoms with Gasteiger partial charge in [-0.3, -0.25) is 14.7 Å². The Morgan fingerprint density at radius 1 is 1.07 bits per heavy atom. The van der Waals surface area contributed by atoms with Gasteiger partial charge in [-0.25, -0.2) is 13.1 Å². The number of amides is 1. The molecule has 0 bridgehead atoms. The number of aryl methyl sites for hydroxylation is 1. The van der Waals surface area contributed by atoms with Crippen LogP contribution < -0.4 is 4.72 Å². The molecule has 1 aliphatic heterocycles. The zero-order valence-corrected chi connectivity index (χ0v) is 25.7. The molecule has 2 aromatic carbocycles. The average molecular weight is 593 g/mol. The quantitative estimate of drug-likeness (QED) is 0.255. The number of ether oxygens (including phenoxy) is 1. The van der Waals surface area contributed by atoms with E-state index in [0.717, 1.165) is 67.5 Å². The van der Waals surface area contributed by atoms with E-state index in [1.807, 2.05) is 36.1 Å². The number of anilines is 1. The highest BCUT2D eigenvalue weighted by Gasteiger charge is 2.49. The fourth-order valence-corrected chi connectivity index (χ4v) is 7.10. The number of aliphatic imine (C=N–C) groups is 1. The molecule has 1 N–H and O–H groups in total. The number of hydrogen-bond donors (Lipinski definition) is 1. The highest BCUT2D eigenvalue weighted by molar-refractivity contribution is 7.92. The van der Waals surface area contributed by atoms with E-state index in [1.165, 1.54) is 0 Å². The molecule has 42 heavy (non-hydrogen) atoms. The van der Waals surface area contributed by atoms with E-state index >= 15 is 0 Å². The molecule has 3 aromatic rings. The van der Waals surface area contributed by atoms with Crippen molar-refractivity contribution in [3.63, 3.8) is 0 Å². The number of aromatic nitrogens is 1. The largest absolute Gasteiger partial charge is 0.377 e. The number of hydrogen-bond acceptors (Lipinski definition) is 7. The molecule has 9 nitrogen and oxygen atoms in total. The van der Waals surface area contributed by atoms with E-state index in [4.69, 9.17) is 14.3 Å². The minimum Gasteiger partial charge on any atom is -0.377 e. The van der Waals surface area contributed by atoms with Crippen molar-refractivity contribution in [2.24, 2.45) is 4.99 Å². The molecular weight excluding hydrogens is 552 g/mol. The molecule has 0 saturated heterocycles. The number of benzene rings is 2. The van der Waals surface area contributed by atoms with Crippen molar-refractivity contribution in [3.05, 3.63) is 64.8 Å². The van der Waals surface area contributed by atoms with E-state index < -0.39 is 15.6 Å². The number of carbonyl (C=O) groups excluding carboxylic acids is 1. The van der Waals surface area contributed by atoms with Crippen LogP contribution in [0.5, 0.6) is 0 Å². The van der Waals surface area contributed by atoms with Gasteiger partial charge in [0.2, 0.25) is 5.88 Å². The lowest BCUT2D eigenvalue weighted by molar-refractivity contribution is -0.131. The van der Waals surface area contributed by atoms with Gasteiger partial charge in [0.15, 0.2) is 0 Å². The maximum atomic E-state index is 13.7. The van der Waals surface area contributed by atoms with Crippen LogP contribution in [-0.2, 0) is 32.7 Å². The number of nitrogens with one attached hydrogen (secondary N) is 1. The SMILES string of the molecule is CCCCC1=NC2(CCCC2)C(=O)N1Cc1ccc(-c2ccccc2S(=O)(=O)Nc2onc(C)c2C)c(COCC)c1. The van der Waals surface area contributed by atoms with Crippen molar-refractivity contribution in [1.29, 1.82) is 0 Å². The monoisotopic (exact) mass is 592 g/mol. The standard InChI is InChI=1S/C32H40N4O5S/c1-5-7-14-29-33-32(17-10-11-18-32)31(37)36(29)20-24-15-16-26(25(19-24)21-40-6-2)27-12-8-9-13-28(27)42(38,39)35-30-22(3)23(4)34-41-30/h8-9,12-13,15-16,19,35H,5-7,10-11,14,17-18,20-21H2,1-4H3. The molecule has 1 aromatic heterocycles. The highest BCUT2D eigenvalue weighted by Crippen LogP contribution is 2.40. The number of carbonyl (C=O) groups is 1. The molecule has 0 radical (unpaired) electrons. The molecule has 5 rings (SSSR count). The fourth-order valence-electron chi connectivity index (χ4n) is 5.83. The summed E-state index contributed by atoms with van der Waals surface area (Å²) in [6.45, 7) is 8.82. The normalized spacial score (nSPS) is 16.4. The second kappa shape index (κ2) is 12.4. The Bertz CT molecular complexity index is 1590. The maximum absolute atomic E-state index is 13.7. The first-order valence-corrected chi connectivity index (χ1v) is 16.3. The van der Waals surface area contributed by atoms with Gasteiger partial charge in [0, 0.05) is 24.2 Å². The summed E-state index contributed by atoms with van der Waals surface area (Å²) in [6.07, 6.45) is 6.51. The van der Waals surface area contributed by atoms with Crippen molar-refractivity contribution in [2.75, 3.05) is 11.3 Å². The summed E-state index contributed by atoms with van der Waals surface area (Å²) in [4.78, 5) is 20.7. The van der Waals surface area contributed by atoms with Crippen molar-refractivity contribution in [3.8, 4) is 11.1 Å². The lowest BCUT2D eigenvalue weighted by Crippen LogP contribution is -2.40. The third-order valence-electron chi connectivity index (χ3n) is 8.31. The van der Waals surface area contributed by atoms with E-state index in [-0.39, 0.29) is 16.7 Å². The molecule has 10 heteroatoms. The van der Waals surface area contributed by atoms with Crippen LogP contribution in [-0.4, -0.2) is 42.4 Å². The van der Waals surface area contributed by atoms with Gasteiger partial charge < -0.3 is 9.26 Å². The Labute approximate surface area is 248 Å². The van der Waals surface area contributed by atoms with Crippen LogP contribution in [0.1, 0.15) is 81.2 Å². The van der Waals surface area contributed by atoms with Gasteiger partial charge in [-0.2, -0.15) is 0 Å². The smallest absolute Gasteiger partial charge is 0.264 e. The van der Waals surface area contributed by atoms with Gasteiger partial charge in [-0.1, -0.05) is 67.7 Å². The van der Waals surface area contributed by atoms with Crippen LogP contribution in [0.15, 0.2) is 56.9 Å². The molecule has 0 atom stereocenters. The molecule has 1 spiro atoms. The minimum absolute atomic E-state index is 0.100. The van der Waals surface area contributed by atoms with Crippen molar-refractivity contribution >= 4 is 27.7 Å². The molecule has 1 fully saturated rings. The zero-order valence-electron chi connectivity index (χ0n) is 24.9. The lowest BCUT2D eigenvalue weighted by Gasteiger charge is -2.23. The maximum Gasteiger partial charge on any atom is 0.264 e. The van der Waals surface area contributed by atoms with Gasteiger partial charge >= 0.3 is 0 Å². The Kier molecular flexibility index (Phi) is 8.84. The number of nitrogens with zero attached hydrogens (tertiary/aromatic N) is 3. The number of rotatable bonds is 12. The predicted molar refractivity (Wildman–Crippen MR) is 163 cm³/mol. The van der Waals surface area contributed by atoms with Crippen LogP contribution in [0.2, 0.25) is 0 Å². The summed E-state index contributed by atoms with van der Waals surface area (Å²) in [5.74, 6) is 1.10. The first-order chi connectivity index (χ1) is 20.2. The van der Waals surface area contributed by atoms with E-state index in [0.29, 0.717) is 36.6 Å². The molecule has 224 valence electrons. The van der Waals surface area contributed by atoms with Crippen LogP contribution >= 0.6 is 0 Å². The third-order valence-corrected chi connectivity index (χ3v) is 9.69. The van der Waals surface area contributed by atoms with E-state index in [2.05, 4.69) is 16.8 Å². The Morgan fingerprint density at radius 2 is 1.83 bits per heavy atom. The van der Waals surface area contributed by atoms with Gasteiger partial charge in [-0.15, -0.1) is 0 Å². The third kappa shape index (κ3) is 5.87. The number of unbranched alkanes of at least 4 members (excludes halogenated alkanes) is 1. The summed E-state index contributed by atoms with van der Waals surface area (Å²) in [7, 11) is -4.00. The highest BCUT2D eigenvalue weighted by atomic mass is 32.2. The number of sulfonamides is 1. The van der Waals surface area contributed by atoms with Crippen molar-refractivity contribution < 1.29 is 22.5 Å². The summed E-state index contributed by atoms with van der Waals surface area (Å²) in [6, 6.07) is 12.8. The Balaban J connectivity index is 1.49. The van der Waals surface area contributed by atoms with Crippen molar-refractivity contribution in [1.82, 2.24) is 10.1 Å². The second-order valence-corrected chi connectivity index (χ2v) is 12.9. The molecule has 2 heterocycles. The van der Waals surface area contributed by atoms with Gasteiger partial charge in [0.25, 0.3) is 15.9 Å². The summed E-state index contributed by atoms with van der Waals surface area (Å²) >= 11 is 0. The van der Waals surface area contributed by atoms with E-state index in [1.54, 1.807) is 32.0 Å². The predicted octanol–water partition coefficient (Wildman–Crippen LogP) is 6.54. The molecular formula is C32H40N4O5S. The second-order valence-electron chi connectivity index (χ2n) is 11.2. The first-order valence-electron chi connectivity index (χ1n) is 14.8. The molecule has 1 amide bonds. The van der Waals surface area contributed by atoms with Crippen LogP contribution in [0.25, 0.3) is 11.1 Å². The molecule has 2 aliphatic rings. The van der Waals surface area contributed by atoms with Crippen LogP contribution in [0.4, 0.5) is 5.88 Å². The summed E-state index contributed by atoms with van der Waals surface area (Å²) in [5, 5.41) is 3.87. The lowest BCUT2D eigenvalue weighted by atomic mass is 9.96. The topological polar surface area (TPSA) is 114 Å². The van der Waals surface area contributed by atoms with Crippen LogP contribution in [0, 0.1) is 13.8 Å². The Hall–Kier alpha value is -3.50. The van der Waals surface area contributed by atoms with Gasteiger partial charge in [-0.05, 0) is 62.8 Å². The van der Waals surface area contributed by atoms with E-state index in [9.17, 15) is 13.2 Å². The summed E-state index contributed by atoms with van der Waals surface area (Å²) < 4.78 is 40.8. The van der Waals surface area contributed by atoms with Crippen molar-refractivity contribution in [2.45, 2.75) is 96.2 Å². The first kappa shape index (κ1) is 30.0. The molecule has 1 saturated carbocycles. The summed E-state index contributed by atoms with van der Waals surface area (Å²) in [5.41, 5.74) is 3.76. The van der Waals surface area contributed by atoms with Gasteiger partial charge in [0.1, 0.15) is 11.4 Å². The average Bonchev–Trinajstić information content (AvgIpc) is 3.66. The van der Waals surface area contributed by atoms with Gasteiger partial charge in [0.05, 0.1) is 23.7 Å². The molecule has 1 aliphatic carbocycles.